The summed E-state index contributed by atoms with van der Waals surface area (Å²) in [5, 5.41) is 12.4. The third-order valence-corrected chi connectivity index (χ3v) is 3.50. The first-order valence-corrected chi connectivity index (χ1v) is 6.59. The Hall–Kier alpha value is -2.34. The van der Waals surface area contributed by atoms with Crippen LogP contribution in [-0.4, -0.2) is 11.5 Å². The molecular weight excluding hydrogens is 234 g/mol. The van der Waals surface area contributed by atoms with Gasteiger partial charge in [-0.05, 0) is 37.0 Å². The van der Waals surface area contributed by atoms with Gasteiger partial charge < -0.3 is 5.32 Å². The molecule has 1 heterocycles. The molecule has 0 aliphatic heterocycles. The van der Waals surface area contributed by atoms with Crippen molar-refractivity contribution in [3.8, 4) is 17.3 Å². The van der Waals surface area contributed by atoms with E-state index in [4.69, 9.17) is 0 Å². The van der Waals surface area contributed by atoms with Crippen LogP contribution >= 0.6 is 0 Å². The van der Waals surface area contributed by atoms with Gasteiger partial charge in [-0.25, -0.2) is 4.98 Å². The maximum Gasteiger partial charge on any atom is 0.144 e. The highest BCUT2D eigenvalue weighted by molar-refractivity contribution is 5.73. The van der Waals surface area contributed by atoms with E-state index in [0.717, 1.165) is 25.1 Å². The number of anilines is 1. The zero-order valence-electron chi connectivity index (χ0n) is 10.9. The number of pyridine rings is 1. The highest BCUT2D eigenvalue weighted by Crippen LogP contribution is 2.33. The van der Waals surface area contributed by atoms with Gasteiger partial charge in [-0.1, -0.05) is 24.3 Å². The summed E-state index contributed by atoms with van der Waals surface area (Å²) in [7, 11) is 0. The Bertz CT molecular complexity index is 668. The van der Waals surface area contributed by atoms with Crippen molar-refractivity contribution in [3.05, 3.63) is 47.0 Å². The van der Waals surface area contributed by atoms with Crippen molar-refractivity contribution in [2.24, 2.45) is 0 Å². The van der Waals surface area contributed by atoms with E-state index < -0.39 is 0 Å². The van der Waals surface area contributed by atoms with Crippen LogP contribution in [0.4, 0.5) is 5.82 Å². The minimum absolute atomic E-state index is 0.639. The topological polar surface area (TPSA) is 48.7 Å². The first kappa shape index (κ1) is 11.7. The van der Waals surface area contributed by atoms with Crippen molar-refractivity contribution in [1.29, 1.82) is 5.26 Å². The number of nitrogens with one attached hydrogen (secondary N) is 1. The molecule has 1 aromatic heterocycles. The molecule has 3 heteroatoms. The number of nitrogens with zero attached hydrogens (tertiary/aromatic N) is 2. The summed E-state index contributed by atoms with van der Waals surface area (Å²) in [6.07, 6.45) is 1.98. The van der Waals surface area contributed by atoms with E-state index in [2.05, 4.69) is 34.6 Å². The van der Waals surface area contributed by atoms with E-state index in [-0.39, 0.29) is 0 Å². The predicted molar refractivity (Wildman–Crippen MR) is 76.0 cm³/mol. The van der Waals surface area contributed by atoms with Crippen LogP contribution in [0.2, 0.25) is 0 Å². The fourth-order valence-corrected chi connectivity index (χ4v) is 2.60. The van der Waals surface area contributed by atoms with Crippen LogP contribution in [0.1, 0.15) is 23.6 Å². The summed E-state index contributed by atoms with van der Waals surface area (Å²) in [6.45, 7) is 2.78. The average molecular weight is 249 g/mol. The lowest BCUT2D eigenvalue weighted by molar-refractivity contribution is 0.925. The van der Waals surface area contributed by atoms with Crippen LogP contribution in [0.3, 0.4) is 0 Å². The SMILES string of the molecule is CCNc1nc2c(cc1C#N)CCc1ccccc1-2. The fourth-order valence-electron chi connectivity index (χ4n) is 2.60. The third-order valence-electron chi connectivity index (χ3n) is 3.50. The molecule has 0 atom stereocenters. The van der Waals surface area contributed by atoms with Crippen LogP contribution in [-0.2, 0) is 12.8 Å². The Morgan fingerprint density at radius 3 is 2.84 bits per heavy atom. The van der Waals surface area contributed by atoms with Gasteiger partial charge in [-0.2, -0.15) is 5.26 Å². The van der Waals surface area contributed by atoms with Crippen molar-refractivity contribution < 1.29 is 0 Å². The normalized spacial score (nSPS) is 12.2. The standard InChI is InChI=1S/C16H15N3/c1-2-18-16-13(10-17)9-12-8-7-11-5-3-4-6-14(11)15(12)19-16/h3-6,9H,2,7-8H2,1H3,(H,18,19). The summed E-state index contributed by atoms with van der Waals surface area (Å²) >= 11 is 0. The fraction of sp³-hybridized carbons (Fsp3) is 0.250. The van der Waals surface area contributed by atoms with Crippen LogP contribution in [0, 0.1) is 11.3 Å². The Morgan fingerprint density at radius 2 is 2.05 bits per heavy atom. The lowest BCUT2D eigenvalue weighted by Gasteiger charge is -2.20. The van der Waals surface area contributed by atoms with Gasteiger partial charge in [-0.15, -0.1) is 0 Å². The quantitative estimate of drug-likeness (QED) is 0.889. The molecule has 0 fully saturated rings. The van der Waals surface area contributed by atoms with Gasteiger partial charge >= 0.3 is 0 Å². The van der Waals surface area contributed by atoms with Gasteiger partial charge in [0, 0.05) is 12.1 Å². The summed E-state index contributed by atoms with van der Waals surface area (Å²) in [6, 6.07) is 12.6. The van der Waals surface area contributed by atoms with E-state index >= 15 is 0 Å². The van der Waals surface area contributed by atoms with Crippen molar-refractivity contribution in [2.45, 2.75) is 19.8 Å². The van der Waals surface area contributed by atoms with Gasteiger partial charge in [0.2, 0.25) is 0 Å². The predicted octanol–water partition coefficient (Wildman–Crippen LogP) is 3.15. The monoisotopic (exact) mass is 249 g/mol. The molecule has 0 unspecified atom stereocenters. The smallest absolute Gasteiger partial charge is 0.144 e. The molecule has 1 N–H and O–H groups in total. The molecule has 19 heavy (non-hydrogen) atoms. The Kier molecular flexibility index (Phi) is 2.92. The molecular formula is C16H15N3. The molecule has 1 aliphatic rings. The van der Waals surface area contributed by atoms with Crippen molar-refractivity contribution in [1.82, 2.24) is 4.98 Å². The molecule has 1 aliphatic carbocycles. The van der Waals surface area contributed by atoms with Crippen LogP contribution in [0.5, 0.6) is 0 Å². The van der Waals surface area contributed by atoms with Crippen molar-refractivity contribution >= 4 is 5.82 Å². The van der Waals surface area contributed by atoms with Crippen LogP contribution in [0.15, 0.2) is 30.3 Å². The summed E-state index contributed by atoms with van der Waals surface area (Å²) in [5.41, 5.74) is 5.38. The Balaban J connectivity index is 2.20. The number of rotatable bonds is 2. The number of aryl methyl sites for hydroxylation is 2. The molecule has 0 bridgehead atoms. The Morgan fingerprint density at radius 1 is 1.26 bits per heavy atom. The second-order valence-electron chi connectivity index (χ2n) is 4.69. The number of hydrogen-bond acceptors (Lipinski definition) is 3. The molecule has 0 saturated carbocycles. The third kappa shape index (κ3) is 1.96. The minimum atomic E-state index is 0.639. The van der Waals surface area contributed by atoms with Crippen LogP contribution < -0.4 is 5.32 Å². The summed E-state index contributed by atoms with van der Waals surface area (Å²) in [5.74, 6) is 0.695. The second-order valence-corrected chi connectivity index (χ2v) is 4.69. The van der Waals surface area contributed by atoms with E-state index in [9.17, 15) is 5.26 Å². The van der Waals surface area contributed by atoms with E-state index in [1.165, 1.54) is 16.7 Å². The van der Waals surface area contributed by atoms with E-state index in [1.54, 1.807) is 0 Å². The first-order valence-electron chi connectivity index (χ1n) is 6.59. The van der Waals surface area contributed by atoms with Gasteiger partial charge in [0.05, 0.1) is 11.3 Å². The van der Waals surface area contributed by atoms with Crippen LogP contribution in [0.25, 0.3) is 11.3 Å². The summed E-state index contributed by atoms with van der Waals surface area (Å²) < 4.78 is 0. The second kappa shape index (κ2) is 4.74. The minimum Gasteiger partial charge on any atom is -0.369 e. The molecule has 0 amide bonds. The van der Waals surface area contributed by atoms with E-state index in [1.807, 2.05) is 19.1 Å². The van der Waals surface area contributed by atoms with Crippen molar-refractivity contribution in [2.75, 3.05) is 11.9 Å². The number of benzene rings is 1. The highest BCUT2D eigenvalue weighted by Gasteiger charge is 2.19. The van der Waals surface area contributed by atoms with Gasteiger partial charge in [0.1, 0.15) is 11.9 Å². The number of fused-ring (bicyclic) bond motifs is 3. The van der Waals surface area contributed by atoms with Gasteiger partial charge in [-0.3, -0.25) is 0 Å². The molecule has 0 saturated heterocycles. The average Bonchev–Trinajstić information content (AvgIpc) is 2.47. The number of nitriles is 1. The van der Waals surface area contributed by atoms with Gasteiger partial charge in [0.25, 0.3) is 0 Å². The molecule has 94 valence electrons. The Labute approximate surface area is 112 Å². The summed E-state index contributed by atoms with van der Waals surface area (Å²) in [4.78, 5) is 4.68. The lowest BCUT2D eigenvalue weighted by Crippen LogP contribution is -2.10. The number of hydrogen-bond donors (Lipinski definition) is 1. The zero-order valence-corrected chi connectivity index (χ0v) is 10.9. The van der Waals surface area contributed by atoms with E-state index in [0.29, 0.717) is 11.4 Å². The maximum atomic E-state index is 9.21. The largest absolute Gasteiger partial charge is 0.369 e. The maximum absolute atomic E-state index is 9.21. The molecule has 0 spiro atoms. The molecule has 2 aromatic rings. The lowest BCUT2D eigenvalue weighted by atomic mass is 9.88. The molecule has 1 aromatic carbocycles. The van der Waals surface area contributed by atoms with Crippen molar-refractivity contribution in [3.63, 3.8) is 0 Å². The highest BCUT2D eigenvalue weighted by atomic mass is 15.0. The first-order chi connectivity index (χ1) is 9.33. The molecule has 3 rings (SSSR count). The number of aromatic nitrogens is 1. The molecule has 3 nitrogen and oxygen atoms in total. The van der Waals surface area contributed by atoms with Gasteiger partial charge in [0.15, 0.2) is 0 Å². The zero-order chi connectivity index (χ0) is 13.2. The molecule has 0 radical (unpaired) electrons.